The number of nitrogens with zero attached hydrogens (tertiary/aromatic N) is 3. The Hall–Kier alpha value is -3.47. The molecule has 1 fully saturated rings. The molecule has 168 valence electrons. The highest BCUT2D eigenvalue weighted by atomic mass is 32.2. The van der Waals surface area contributed by atoms with E-state index in [-0.39, 0.29) is 29.9 Å². The number of aryl methyl sites for hydroxylation is 1. The van der Waals surface area contributed by atoms with Gasteiger partial charge in [0.2, 0.25) is 0 Å². The molecular weight excluding hydrogens is 436 g/mol. The maximum absolute atomic E-state index is 12.5. The monoisotopic (exact) mass is 458 g/mol. The zero-order chi connectivity index (χ0) is 23.4. The summed E-state index contributed by atoms with van der Waals surface area (Å²) in [5.74, 6) is -0.256. The van der Waals surface area contributed by atoms with Crippen LogP contribution in [0.15, 0.2) is 41.6 Å². The number of nitroso groups, excluding NO2 is 1. The molecule has 2 aromatic carbocycles. The summed E-state index contributed by atoms with van der Waals surface area (Å²) in [4.78, 5) is 46.4. The molecule has 10 nitrogen and oxygen atoms in total. The number of rotatable bonds is 8. The Bertz CT molecular complexity index is 1070. The number of benzene rings is 2. The summed E-state index contributed by atoms with van der Waals surface area (Å²) in [5, 5.41) is 14.7. The van der Waals surface area contributed by atoms with Crippen molar-refractivity contribution in [3.8, 4) is 5.75 Å². The van der Waals surface area contributed by atoms with Crippen LogP contribution in [0.4, 0.5) is 11.4 Å². The number of nitro groups is 1. The van der Waals surface area contributed by atoms with Crippen LogP contribution in [-0.4, -0.2) is 34.1 Å². The molecule has 1 saturated heterocycles. The zero-order valence-corrected chi connectivity index (χ0v) is 18.5. The summed E-state index contributed by atoms with van der Waals surface area (Å²) in [7, 11) is 0. The van der Waals surface area contributed by atoms with Crippen molar-refractivity contribution in [2.45, 2.75) is 32.1 Å². The van der Waals surface area contributed by atoms with Crippen LogP contribution in [0.2, 0.25) is 0 Å². The van der Waals surface area contributed by atoms with E-state index in [0.29, 0.717) is 22.6 Å². The van der Waals surface area contributed by atoms with E-state index < -0.39 is 16.2 Å². The van der Waals surface area contributed by atoms with Gasteiger partial charge in [-0.1, -0.05) is 26.0 Å². The minimum absolute atomic E-state index is 0.0315. The summed E-state index contributed by atoms with van der Waals surface area (Å²) in [5.41, 5.74) is 4.65. The fraction of sp³-hybridized carbons (Fsp3) is 0.333. The van der Waals surface area contributed by atoms with Gasteiger partial charge in [0.1, 0.15) is 16.8 Å². The van der Waals surface area contributed by atoms with Gasteiger partial charge in [0, 0.05) is 12.1 Å². The highest BCUT2D eigenvalue weighted by Crippen LogP contribution is 2.38. The number of hydrogen-bond donors (Lipinski definition) is 1. The van der Waals surface area contributed by atoms with E-state index in [0.717, 1.165) is 5.56 Å². The van der Waals surface area contributed by atoms with Gasteiger partial charge in [-0.05, 0) is 46.8 Å². The van der Waals surface area contributed by atoms with Gasteiger partial charge < -0.3 is 4.74 Å². The first-order valence-electron chi connectivity index (χ1n) is 9.79. The standard InChI is InChI=1S/C21H22N4O6S/c1-12(2)16-9-17(23-28)13(3)7-18(16)31-10-19(26)22-24-20(27)11-32-21(24)14-5-4-6-15(8-14)25(29)30/h4-9,12,21H,10-11H2,1-3H3,(H,22,26). The number of thioether (sulfide) groups is 1. The minimum atomic E-state index is -0.585. The number of carbonyl (C=O) groups is 2. The molecule has 1 aliphatic heterocycles. The average Bonchev–Trinajstić information content (AvgIpc) is 3.12. The summed E-state index contributed by atoms with van der Waals surface area (Å²) in [6, 6.07) is 9.24. The molecule has 1 heterocycles. The van der Waals surface area contributed by atoms with E-state index in [1.165, 1.54) is 35.0 Å². The van der Waals surface area contributed by atoms with E-state index in [9.17, 15) is 24.6 Å². The highest BCUT2D eigenvalue weighted by Gasteiger charge is 2.35. The maximum Gasteiger partial charge on any atom is 0.276 e. The third-order valence-electron chi connectivity index (χ3n) is 4.89. The number of amides is 2. The third-order valence-corrected chi connectivity index (χ3v) is 6.10. The lowest BCUT2D eigenvalue weighted by Gasteiger charge is -2.24. The van der Waals surface area contributed by atoms with Crippen LogP contribution in [0.3, 0.4) is 0 Å². The normalized spacial score (nSPS) is 15.7. The second kappa shape index (κ2) is 9.77. The van der Waals surface area contributed by atoms with Gasteiger partial charge in [0.15, 0.2) is 6.61 Å². The van der Waals surface area contributed by atoms with Gasteiger partial charge in [-0.25, -0.2) is 5.01 Å². The van der Waals surface area contributed by atoms with Crippen molar-refractivity contribution in [3.05, 3.63) is 68.1 Å². The molecule has 2 aromatic rings. The predicted octanol–water partition coefficient (Wildman–Crippen LogP) is 4.11. The first-order valence-corrected chi connectivity index (χ1v) is 10.8. The summed E-state index contributed by atoms with van der Waals surface area (Å²) in [6.07, 6.45) is 0. The fourth-order valence-corrected chi connectivity index (χ4v) is 4.35. The van der Waals surface area contributed by atoms with Crippen molar-refractivity contribution in [2.24, 2.45) is 5.18 Å². The molecule has 2 amide bonds. The van der Waals surface area contributed by atoms with Crippen LogP contribution in [0.25, 0.3) is 0 Å². The molecule has 1 aliphatic rings. The van der Waals surface area contributed by atoms with E-state index >= 15 is 0 Å². The minimum Gasteiger partial charge on any atom is -0.483 e. The molecule has 1 atom stereocenters. The molecule has 32 heavy (non-hydrogen) atoms. The molecule has 1 unspecified atom stereocenters. The summed E-state index contributed by atoms with van der Waals surface area (Å²) < 4.78 is 5.69. The van der Waals surface area contributed by atoms with Crippen LogP contribution in [0.5, 0.6) is 5.75 Å². The predicted molar refractivity (Wildman–Crippen MR) is 120 cm³/mol. The SMILES string of the molecule is Cc1cc(OCC(=O)NN2C(=O)CSC2c2cccc([N+](=O)[O-])c2)c(C(C)C)cc1N=O. The molecule has 3 rings (SSSR count). The Balaban J connectivity index is 1.72. The summed E-state index contributed by atoms with van der Waals surface area (Å²) in [6.45, 7) is 5.21. The Kier molecular flexibility index (Phi) is 7.08. The Morgan fingerprint density at radius 1 is 1.38 bits per heavy atom. The van der Waals surface area contributed by atoms with Crippen molar-refractivity contribution in [1.29, 1.82) is 0 Å². The average molecular weight is 458 g/mol. The first kappa shape index (κ1) is 23.2. The van der Waals surface area contributed by atoms with E-state index in [2.05, 4.69) is 10.6 Å². The van der Waals surface area contributed by atoms with Gasteiger partial charge in [0.05, 0.1) is 10.7 Å². The van der Waals surface area contributed by atoms with E-state index in [1.54, 1.807) is 25.1 Å². The van der Waals surface area contributed by atoms with Gasteiger partial charge in [-0.15, -0.1) is 16.7 Å². The van der Waals surface area contributed by atoms with Crippen molar-refractivity contribution >= 4 is 35.0 Å². The van der Waals surface area contributed by atoms with Crippen molar-refractivity contribution < 1.29 is 19.2 Å². The van der Waals surface area contributed by atoms with Crippen molar-refractivity contribution in [3.63, 3.8) is 0 Å². The molecule has 0 aromatic heterocycles. The fourth-order valence-electron chi connectivity index (χ4n) is 3.25. The Morgan fingerprint density at radius 3 is 2.78 bits per heavy atom. The molecule has 11 heteroatoms. The number of carbonyl (C=O) groups excluding carboxylic acids is 2. The smallest absolute Gasteiger partial charge is 0.276 e. The number of nitro benzene ring substituents is 1. The second-order valence-electron chi connectivity index (χ2n) is 7.53. The lowest BCUT2D eigenvalue weighted by Crippen LogP contribution is -2.46. The van der Waals surface area contributed by atoms with Crippen molar-refractivity contribution in [2.75, 3.05) is 12.4 Å². The second-order valence-corrected chi connectivity index (χ2v) is 8.59. The quantitative estimate of drug-likeness (QED) is 0.358. The number of nitrogens with one attached hydrogen (secondary N) is 1. The number of ether oxygens (including phenoxy) is 1. The summed E-state index contributed by atoms with van der Waals surface area (Å²) >= 11 is 1.26. The molecule has 0 saturated carbocycles. The van der Waals surface area contributed by atoms with Crippen molar-refractivity contribution in [1.82, 2.24) is 10.4 Å². The zero-order valence-electron chi connectivity index (χ0n) is 17.7. The van der Waals surface area contributed by atoms with E-state index in [1.807, 2.05) is 13.8 Å². The maximum atomic E-state index is 12.5. The van der Waals surface area contributed by atoms with Gasteiger partial charge in [-0.2, -0.15) is 0 Å². The molecule has 0 aliphatic carbocycles. The Morgan fingerprint density at radius 2 is 2.12 bits per heavy atom. The molecule has 1 N–H and O–H groups in total. The molecular formula is C21H22N4O6S. The Labute approximate surface area is 188 Å². The molecule has 0 bridgehead atoms. The van der Waals surface area contributed by atoms with Crippen LogP contribution in [0, 0.1) is 21.9 Å². The van der Waals surface area contributed by atoms with Crippen LogP contribution < -0.4 is 10.2 Å². The third kappa shape index (κ3) is 5.05. The topological polar surface area (TPSA) is 131 Å². The lowest BCUT2D eigenvalue weighted by molar-refractivity contribution is -0.384. The van der Waals surface area contributed by atoms with Gasteiger partial charge in [0.25, 0.3) is 17.5 Å². The van der Waals surface area contributed by atoms with Crippen LogP contribution in [0.1, 0.15) is 41.8 Å². The van der Waals surface area contributed by atoms with Crippen LogP contribution in [-0.2, 0) is 9.59 Å². The van der Waals surface area contributed by atoms with Gasteiger partial charge in [-0.3, -0.25) is 25.1 Å². The molecule has 0 spiro atoms. The number of hydrazine groups is 1. The van der Waals surface area contributed by atoms with Gasteiger partial charge >= 0.3 is 0 Å². The largest absolute Gasteiger partial charge is 0.483 e. The van der Waals surface area contributed by atoms with Crippen LogP contribution >= 0.6 is 11.8 Å². The lowest BCUT2D eigenvalue weighted by atomic mass is 9.99. The first-order chi connectivity index (χ1) is 15.2. The molecule has 0 radical (unpaired) electrons. The van der Waals surface area contributed by atoms with E-state index in [4.69, 9.17) is 4.74 Å². The number of hydrogen-bond acceptors (Lipinski definition) is 8. The highest BCUT2D eigenvalue weighted by molar-refractivity contribution is 8.00. The number of non-ortho nitro benzene ring substituents is 1.